The van der Waals surface area contributed by atoms with Crippen LogP contribution in [-0.4, -0.2) is 41.8 Å². The summed E-state index contributed by atoms with van der Waals surface area (Å²) in [7, 11) is 0. The number of rotatable bonds is 1. The second kappa shape index (κ2) is 4.34. The largest absolute Gasteiger partial charge is 0.314 e. The molecule has 0 aromatic heterocycles. The third-order valence-electron chi connectivity index (χ3n) is 4.03. The van der Waals surface area contributed by atoms with Gasteiger partial charge in [0.05, 0.1) is 11.1 Å². The molecule has 2 atom stereocenters. The summed E-state index contributed by atoms with van der Waals surface area (Å²) >= 11 is 0. The Morgan fingerprint density at radius 1 is 1.15 bits per heavy atom. The lowest BCUT2D eigenvalue weighted by Gasteiger charge is -2.40. The maximum absolute atomic E-state index is 14.3. The van der Waals surface area contributed by atoms with E-state index < -0.39 is 29.7 Å². The van der Waals surface area contributed by atoms with Gasteiger partial charge in [-0.15, -0.1) is 0 Å². The van der Waals surface area contributed by atoms with Gasteiger partial charge in [0.25, 0.3) is 17.7 Å². The highest BCUT2D eigenvalue weighted by molar-refractivity contribution is 6.21. The summed E-state index contributed by atoms with van der Waals surface area (Å²) in [5.41, 5.74) is 0.401. The summed E-state index contributed by atoms with van der Waals surface area (Å²) in [5.74, 6) is -5.28. The van der Waals surface area contributed by atoms with Crippen LogP contribution >= 0.6 is 0 Å². The first-order chi connectivity index (χ1) is 9.44. The summed E-state index contributed by atoms with van der Waals surface area (Å²) in [6, 6.07) is 4.79. The molecule has 3 rings (SSSR count). The Hall–Kier alpha value is -1.82. The summed E-state index contributed by atoms with van der Waals surface area (Å²) in [6.45, 7) is 1.51. The minimum absolute atomic E-state index is 0.0805. The van der Waals surface area contributed by atoms with Crippen LogP contribution in [0, 0.1) is 5.92 Å². The smallest absolute Gasteiger partial charge is 0.273 e. The number of halogens is 2. The molecule has 2 heterocycles. The first kappa shape index (κ1) is 13.2. The molecule has 1 saturated heterocycles. The molecule has 2 amide bonds. The van der Waals surface area contributed by atoms with Crippen molar-refractivity contribution in [2.75, 3.05) is 13.1 Å². The molecule has 20 heavy (non-hydrogen) atoms. The third-order valence-corrected chi connectivity index (χ3v) is 4.03. The molecule has 6 heteroatoms. The van der Waals surface area contributed by atoms with Crippen LogP contribution in [0.25, 0.3) is 0 Å². The molecule has 0 bridgehead atoms. The van der Waals surface area contributed by atoms with Gasteiger partial charge in [-0.05, 0) is 12.1 Å². The van der Waals surface area contributed by atoms with Crippen LogP contribution in [0.1, 0.15) is 27.6 Å². The van der Waals surface area contributed by atoms with Crippen molar-refractivity contribution in [3.8, 4) is 0 Å². The van der Waals surface area contributed by atoms with Crippen LogP contribution < -0.4 is 5.32 Å². The van der Waals surface area contributed by atoms with Gasteiger partial charge in [-0.25, -0.2) is 8.78 Å². The van der Waals surface area contributed by atoms with Crippen molar-refractivity contribution in [1.29, 1.82) is 0 Å². The fraction of sp³-hybridized carbons (Fsp3) is 0.429. The Morgan fingerprint density at radius 2 is 1.70 bits per heavy atom. The van der Waals surface area contributed by atoms with E-state index in [1.165, 1.54) is 19.1 Å². The van der Waals surface area contributed by atoms with Crippen molar-refractivity contribution in [2.24, 2.45) is 5.92 Å². The van der Waals surface area contributed by atoms with Gasteiger partial charge < -0.3 is 5.32 Å². The monoisotopic (exact) mass is 280 g/mol. The second-order valence-electron chi connectivity index (χ2n) is 5.28. The van der Waals surface area contributed by atoms with E-state index in [9.17, 15) is 18.4 Å². The molecular weight excluding hydrogens is 266 g/mol. The Morgan fingerprint density at radius 3 is 2.25 bits per heavy atom. The molecule has 2 unspecified atom stereocenters. The lowest BCUT2D eigenvalue weighted by Crippen LogP contribution is -2.62. The average molecular weight is 280 g/mol. The van der Waals surface area contributed by atoms with Gasteiger partial charge in [0, 0.05) is 19.0 Å². The summed E-state index contributed by atoms with van der Waals surface area (Å²) in [4.78, 5) is 25.2. The van der Waals surface area contributed by atoms with Gasteiger partial charge in [-0.3, -0.25) is 14.5 Å². The number of hydrogen-bond acceptors (Lipinski definition) is 3. The number of fused-ring (bicyclic) bond motifs is 1. The van der Waals surface area contributed by atoms with E-state index in [1.54, 1.807) is 12.1 Å². The zero-order chi connectivity index (χ0) is 14.5. The lowest BCUT2D eigenvalue weighted by atomic mass is 9.91. The first-order valence-corrected chi connectivity index (χ1v) is 6.50. The Balaban J connectivity index is 2.00. The van der Waals surface area contributed by atoms with Crippen molar-refractivity contribution in [3.05, 3.63) is 35.4 Å². The number of imide groups is 1. The molecule has 0 aliphatic carbocycles. The van der Waals surface area contributed by atoms with Crippen LogP contribution in [0.5, 0.6) is 0 Å². The standard InChI is InChI=1S/C14H14F2N2O2/c1-8-6-17-7-11(14(8,15)16)18-12(19)9-4-2-3-5-10(9)13(18)20/h2-5,8,11,17H,6-7H2,1H3. The van der Waals surface area contributed by atoms with Crippen LogP contribution in [0.3, 0.4) is 0 Å². The topological polar surface area (TPSA) is 49.4 Å². The fourth-order valence-electron chi connectivity index (χ4n) is 2.79. The molecular formula is C14H14F2N2O2. The summed E-state index contributed by atoms with van der Waals surface area (Å²) in [5, 5.41) is 2.86. The number of alkyl halides is 2. The maximum Gasteiger partial charge on any atom is 0.273 e. The third kappa shape index (κ3) is 1.67. The predicted octanol–water partition coefficient (Wildman–Crippen LogP) is 1.53. The zero-order valence-corrected chi connectivity index (χ0v) is 10.9. The number of hydrogen-bond donors (Lipinski definition) is 1. The normalized spacial score (nSPS) is 28.6. The minimum atomic E-state index is -3.08. The predicted molar refractivity (Wildman–Crippen MR) is 67.7 cm³/mol. The average Bonchev–Trinajstić information content (AvgIpc) is 2.67. The van der Waals surface area contributed by atoms with E-state index >= 15 is 0 Å². The molecule has 2 aliphatic rings. The van der Waals surface area contributed by atoms with Crippen LogP contribution in [-0.2, 0) is 0 Å². The number of nitrogens with zero attached hydrogens (tertiary/aromatic N) is 1. The number of carbonyl (C=O) groups excluding carboxylic acids is 2. The van der Waals surface area contributed by atoms with Crippen molar-refractivity contribution in [3.63, 3.8) is 0 Å². The highest BCUT2D eigenvalue weighted by Gasteiger charge is 2.55. The van der Waals surface area contributed by atoms with E-state index in [4.69, 9.17) is 0 Å². The van der Waals surface area contributed by atoms with E-state index in [2.05, 4.69) is 5.32 Å². The zero-order valence-electron chi connectivity index (χ0n) is 10.9. The van der Waals surface area contributed by atoms with Gasteiger partial charge in [-0.1, -0.05) is 19.1 Å². The number of carbonyl (C=O) groups is 2. The molecule has 1 N–H and O–H groups in total. The summed E-state index contributed by atoms with van der Waals surface area (Å²) < 4.78 is 28.6. The molecule has 1 aromatic carbocycles. The van der Waals surface area contributed by atoms with E-state index in [1.807, 2.05) is 0 Å². The number of amides is 2. The first-order valence-electron chi connectivity index (χ1n) is 6.50. The van der Waals surface area contributed by atoms with Gasteiger partial charge in [-0.2, -0.15) is 0 Å². The van der Waals surface area contributed by atoms with Crippen molar-refractivity contribution in [1.82, 2.24) is 10.2 Å². The van der Waals surface area contributed by atoms with Crippen molar-refractivity contribution < 1.29 is 18.4 Å². The van der Waals surface area contributed by atoms with Crippen LogP contribution in [0.15, 0.2) is 24.3 Å². The summed E-state index contributed by atoms with van der Waals surface area (Å²) in [6.07, 6.45) is 0. The Labute approximate surface area is 114 Å². The van der Waals surface area contributed by atoms with Crippen LogP contribution in [0.2, 0.25) is 0 Å². The van der Waals surface area contributed by atoms with Gasteiger partial charge in [0.15, 0.2) is 0 Å². The minimum Gasteiger partial charge on any atom is -0.314 e. The molecule has 2 aliphatic heterocycles. The highest BCUT2D eigenvalue weighted by Crippen LogP contribution is 2.37. The maximum atomic E-state index is 14.3. The molecule has 0 saturated carbocycles. The van der Waals surface area contributed by atoms with Crippen LogP contribution in [0.4, 0.5) is 8.78 Å². The highest BCUT2D eigenvalue weighted by atomic mass is 19.3. The quantitative estimate of drug-likeness (QED) is 0.794. The van der Waals surface area contributed by atoms with E-state index in [0.717, 1.165) is 0 Å². The Kier molecular flexibility index (Phi) is 2.86. The molecule has 0 radical (unpaired) electrons. The molecule has 0 spiro atoms. The molecule has 106 valence electrons. The van der Waals surface area contributed by atoms with Gasteiger partial charge >= 0.3 is 0 Å². The number of piperidine rings is 1. The number of nitrogens with one attached hydrogen (secondary N) is 1. The fourth-order valence-corrected chi connectivity index (χ4v) is 2.79. The van der Waals surface area contributed by atoms with E-state index in [0.29, 0.717) is 4.90 Å². The van der Waals surface area contributed by atoms with Crippen molar-refractivity contribution in [2.45, 2.75) is 18.9 Å². The van der Waals surface area contributed by atoms with Crippen molar-refractivity contribution >= 4 is 11.8 Å². The van der Waals surface area contributed by atoms with E-state index in [-0.39, 0.29) is 24.2 Å². The van der Waals surface area contributed by atoms with Gasteiger partial charge in [0.2, 0.25) is 0 Å². The molecule has 1 fully saturated rings. The Bertz CT molecular complexity index is 553. The number of benzene rings is 1. The molecule has 4 nitrogen and oxygen atoms in total. The molecule has 1 aromatic rings. The lowest BCUT2D eigenvalue weighted by molar-refractivity contribution is -0.117. The second-order valence-corrected chi connectivity index (χ2v) is 5.28. The SMILES string of the molecule is CC1CNCC(N2C(=O)c3ccccc3C2=O)C1(F)F. The van der Waals surface area contributed by atoms with Gasteiger partial charge in [0.1, 0.15) is 6.04 Å².